The number of carbonyl (C=O) groups excluding carboxylic acids is 1. The SMILES string of the molecule is CC(CNC(=O)c1cc(F)ccc1O)N(C)C. The highest BCUT2D eigenvalue weighted by Gasteiger charge is 2.13. The minimum atomic E-state index is -0.548. The summed E-state index contributed by atoms with van der Waals surface area (Å²) in [5.41, 5.74) is -0.0454. The molecule has 0 aliphatic heterocycles. The molecule has 4 nitrogen and oxygen atoms in total. The summed E-state index contributed by atoms with van der Waals surface area (Å²) in [7, 11) is 3.80. The molecule has 1 atom stereocenters. The first kappa shape index (κ1) is 13.4. The zero-order chi connectivity index (χ0) is 13.0. The molecule has 5 heteroatoms. The lowest BCUT2D eigenvalue weighted by Gasteiger charge is -2.20. The summed E-state index contributed by atoms with van der Waals surface area (Å²) in [5.74, 6) is -1.24. The second-order valence-electron chi connectivity index (χ2n) is 4.18. The van der Waals surface area contributed by atoms with Gasteiger partial charge in [-0.1, -0.05) is 0 Å². The molecule has 17 heavy (non-hydrogen) atoms. The number of phenolic OH excluding ortho intramolecular Hbond substituents is 1. The zero-order valence-electron chi connectivity index (χ0n) is 10.2. The van der Waals surface area contributed by atoms with Crippen molar-refractivity contribution in [3.8, 4) is 5.75 Å². The molecule has 0 saturated heterocycles. The molecule has 94 valence electrons. The molecule has 1 aromatic rings. The maximum absolute atomic E-state index is 12.9. The Morgan fingerprint density at radius 1 is 1.53 bits per heavy atom. The summed E-state index contributed by atoms with van der Waals surface area (Å²) in [6.07, 6.45) is 0. The van der Waals surface area contributed by atoms with Crippen LogP contribution in [0.5, 0.6) is 5.75 Å². The van der Waals surface area contributed by atoms with Crippen LogP contribution in [0.4, 0.5) is 4.39 Å². The Morgan fingerprint density at radius 2 is 2.18 bits per heavy atom. The molecule has 0 bridgehead atoms. The number of nitrogens with zero attached hydrogens (tertiary/aromatic N) is 1. The van der Waals surface area contributed by atoms with Crippen molar-refractivity contribution in [2.24, 2.45) is 0 Å². The molecular formula is C12H17FN2O2. The molecule has 0 radical (unpaired) electrons. The first-order valence-corrected chi connectivity index (χ1v) is 5.35. The Kier molecular flexibility index (Phi) is 4.45. The van der Waals surface area contributed by atoms with Crippen molar-refractivity contribution in [2.75, 3.05) is 20.6 Å². The molecule has 1 unspecified atom stereocenters. The van der Waals surface area contributed by atoms with Crippen LogP contribution in [0.3, 0.4) is 0 Å². The fourth-order valence-electron chi connectivity index (χ4n) is 1.21. The number of hydrogen-bond acceptors (Lipinski definition) is 3. The normalized spacial score (nSPS) is 12.5. The number of nitrogens with one attached hydrogen (secondary N) is 1. The Labute approximate surface area is 100 Å². The summed E-state index contributed by atoms with van der Waals surface area (Å²) in [6.45, 7) is 2.38. The molecule has 1 aromatic carbocycles. The number of halogens is 1. The molecule has 0 aliphatic carbocycles. The van der Waals surface area contributed by atoms with Crippen LogP contribution in [0.1, 0.15) is 17.3 Å². The van der Waals surface area contributed by atoms with Gasteiger partial charge in [-0.3, -0.25) is 4.79 Å². The van der Waals surface area contributed by atoms with Crippen LogP contribution >= 0.6 is 0 Å². The smallest absolute Gasteiger partial charge is 0.255 e. The van der Waals surface area contributed by atoms with Gasteiger partial charge < -0.3 is 15.3 Å². The molecule has 0 heterocycles. The maximum Gasteiger partial charge on any atom is 0.255 e. The average Bonchev–Trinajstić information content (AvgIpc) is 2.28. The topological polar surface area (TPSA) is 52.6 Å². The van der Waals surface area contributed by atoms with Crippen molar-refractivity contribution in [3.05, 3.63) is 29.6 Å². The van der Waals surface area contributed by atoms with E-state index in [1.54, 1.807) is 0 Å². The summed E-state index contributed by atoms with van der Waals surface area (Å²) < 4.78 is 12.9. The van der Waals surface area contributed by atoms with Gasteiger partial charge in [-0.15, -0.1) is 0 Å². The van der Waals surface area contributed by atoms with E-state index < -0.39 is 11.7 Å². The Hall–Kier alpha value is -1.62. The van der Waals surface area contributed by atoms with E-state index in [-0.39, 0.29) is 17.4 Å². The molecule has 2 N–H and O–H groups in total. The van der Waals surface area contributed by atoms with Crippen LogP contribution in [0.15, 0.2) is 18.2 Å². The minimum Gasteiger partial charge on any atom is -0.507 e. The summed E-state index contributed by atoms with van der Waals surface area (Å²) in [4.78, 5) is 13.6. The van der Waals surface area contributed by atoms with Crippen LogP contribution in [0.2, 0.25) is 0 Å². The second-order valence-corrected chi connectivity index (χ2v) is 4.18. The number of likely N-dealkylation sites (N-methyl/N-ethyl adjacent to an activating group) is 1. The lowest BCUT2D eigenvalue weighted by atomic mass is 10.1. The zero-order valence-corrected chi connectivity index (χ0v) is 10.2. The van der Waals surface area contributed by atoms with Crippen molar-refractivity contribution < 1.29 is 14.3 Å². The summed E-state index contributed by atoms with van der Waals surface area (Å²) in [5, 5.41) is 12.1. The van der Waals surface area contributed by atoms with Gasteiger partial charge in [-0.25, -0.2) is 4.39 Å². The van der Waals surface area contributed by atoms with Gasteiger partial charge in [-0.2, -0.15) is 0 Å². The lowest BCUT2D eigenvalue weighted by molar-refractivity contribution is 0.0940. The number of amides is 1. The average molecular weight is 240 g/mol. The monoisotopic (exact) mass is 240 g/mol. The van der Waals surface area contributed by atoms with E-state index in [4.69, 9.17) is 0 Å². The van der Waals surface area contributed by atoms with Gasteiger partial charge in [0.2, 0.25) is 0 Å². The van der Waals surface area contributed by atoms with Crippen molar-refractivity contribution in [1.82, 2.24) is 10.2 Å². The number of phenols is 1. The predicted octanol–water partition coefficient (Wildman–Crippen LogP) is 1.21. The van der Waals surface area contributed by atoms with E-state index in [0.717, 1.165) is 12.1 Å². The fraction of sp³-hybridized carbons (Fsp3) is 0.417. The van der Waals surface area contributed by atoms with Crippen LogP contribution < -0.4 is 5.32 Å². The molecule has 1 amide bonds. The molecule has 0 aliphatic rings. The first-order valence-electron chi connectivity index (χ1n) is 5.35. The van der Waals surface area contributed by atoms with Crippen molar-refractivity contribution in [3.63, 3.8) is 0 Å². The number of benzene rings is 1. The maximum atomic E-state index is 12.9. The van der Waals surface area contributed by atoms with Gasteiger partial charge in [0.15, 0.2) is 0 Å². The molecule has 0 fully saturated rings. The third-order valence-corrected chi connectivity index (χ3v) is 2.64. The predicted molar refractivity (Wildman–Crippen MR) is 63.5 cm³/mol. The molecule has 0 spiro atoms. The first-order chi connectivity index (χ1) is 7.91. The molecule has 0 aromatic heterocycles. The highest BCUT2D eigenvalue weighted by Crippen LogP contribution is 2.17. The summed E-state index contributed by atoms with van der Waals surface area (Å²) in [6, 6.07) is 3.45. The van der Waals surface area contributed by atoms with E-state index in [0.29, 0.717) is 6.54 Å². The van der Waals surface area contributed by atoms with Gasteiger partial charge in [0.25, 0.3) is 5.91 Å². The van der Waals surface area contributed by atoms with Crippen LogP contribution in [0, 0.1) is 5.82 Å². The standard InChI is InChI=1S/C12H17FN2O2/c1-8(15(2)3)7-14-12(17)10-6-9(13)4-5-11(10)16/h4-6,8,16H,7H2,1-3H3,(H,14,17). The fourth-order valence-corrected chi connectivity index (χ4v) is 1.21. The number of hydrogen-bond donors (Lipinski definition) is 2. The number of rotatable bonds is 4. The van der Waals surface area contributed by atoms with Gasteiger partial charge in [0.1, 0.15) is 11.6 Å². The van der Waals surface area contributed by atoms with Crippen LogP contribution in [-0.4, -0.2) is 42.6 Å². The molecule has 1 rings (SSSR count). The largest absolute Gasteiger partial charge is 0.507 e. The molecule has 0 saturated carbocycles. The number of carbonyl (C=O) groups is 1. The third-order valence-electron chi connectivity index (χ3n) is 2.64. The van der Waals surface area contributed by atoms with Crippen LogP contribution in [0.25, 0.3) is 0 Å². The Bertz CT molecular complexity index is 407. The Balaban J connectivity index is 2.67. The van der Waals surface area contributed by atoms with Crippen LogP contribution in [-0.2, 0) is 0 Å². The van der Waals surface area contributed by atoms with Crippen molar-refractivity contribution in [1.29, 1.82) is 0 Å². The van der Waals surface area contributed by atoms with Crippen molar-refractivity contribution >= 4 is 5.91 Å². The quantitative estimate of drug-likeness (QED) is 0.831. The van der Waals surface area contributed by atoms with Gasteiger partial charge in [0.05, 0.1) is 5.56 Å². The van der Waals surface area contributed by atoms with Gasteiger partial charge >= 0.3 is 0 Å². The van der Waals surface area contributed by atoms with E-state index in [9.17, 15) is 14.3 Å². The highest BCUT2D eigenvalue weighted by molar-refractivity contribution is 5.96. The Morgan fingerprint density at radius 3 is 2.76 bits per heavy atom. The van der Waals surface area contributed by atoms with E-state index >= 15 is 0 Å². The van der Waals surface area contributed by atoms with E-state index in [1.807, 2.05) is 25.9 Å². The third kappa shape index (κ3) is 3.71. The second kappa shape index (κ2) is 5.63. The highest BCUT2D eigenvalue weighted by atomic mass is 19.1. The summed E-state index contributed by atoms with van der Waals surface area (Å²) >= 11 is 0. The minimum absolute atomic E-state index is 0.0454. The van der Waals surface area contributed by atoms with E-state index in [2.05, 4.69) is 5.32 Å². The number of aromatic hydroxyl groups is 1. The van der Waals surface area contributed by atoms with Gasteiger partial charge in [-0.05, 0) is 39.2 Å². The van der Waals surface area contributed by atoms with E-state index in [1.165, 1.54) is 6.07 Å². The lowest BCUT2D eigenvalue weighted by Crippen LogP contribution is -2.38. The van der Waals surface area contributed by atoms with Crippen molar-refractivity contribution in [2.45, 2.75) is 13.0 Å². The molecular weight excluding hydrogens is 223 g/mol. The van der Waals surface area contributed by atoms with Gasteiger partial charge in [0, 0.05) is 12.6 Å².